The SMILES string of the molecule is Nc1cc(C(F)(F)F)nc2c(F)cc(F)c(Br)c12. The molecule has 1 aromatic heterocycles. The lowest BCUT2D eigenvalue weighted by Crippen LogP contribution is -2.10. The van der Waals surface area contributed by atoms with Crippen LogP contribution in [0, 0.1) is 11.6 Å². The molecule has 8 heteroatoms. The first kappa shape index (κ1) is 13.0. The Labute approximate surface area is 106 Å². The number of alkyl halides is 3. The molecule has 0 radical (unpaired) electrons. The monoisotopic (exact) mass is 326 g/mol. The van der Waals surface area contributed by atoms with E-state index in [0.717, 1.165) is 0 Å². The van der Waals surface area contributed by atoms with Gasteiger partial charge in [-0.3, -0.25) is 0 Å². The van der Waals surface area contributed by atoms with Crippen LogP contribution in [0.5, 0.6) is 0 Å². The van der Waals surface area contributed by atoms with Gasteiger partial charge < -0.3 is 5.73 Å². The summed E-state index contributed by atoms with van der Waals surface area (Å²) in [4.78, 5) is 3.13. The Balaban J connectivity index is 2.91. The van der Waals surface area contributed by atoms with Crippen LogP contribution in [0.3, 0.4) is 0 Å². The van der Waals surface area contributed by atoms with Crippen molar-refractivity contribution in [1.82, 2.24) is 4.98 Å². The molecular formula is C10H4BrF5N2. The highest BCUT2D eigenvalue weighted by molar-refractivity contribution is 9.10. The maximum Gasteiger partial charge on any atom is 0.433 e. The molecule has 0 spiro atoms. The number of nitrogen functional groups attached to an aromatic ring is 1. The molecule has 1 aromatic carbocycles. The van der Waals surface area contributed by atoms with E-state index in [9.17, 15) is 22.0 Å². The van der Waals surface area contributed by atoms with E-state index in [1.54, 1.807) is 0 Å². The average Bonchev–Trinajstić information content (AvgIpc) is 2.24. The highest BCUT2D eigenvalue weighted by Crippen LogP contribution is 2.36. The fourth-order valence-corrected chi connectivity index (χ4v) is 2.01. The summed E-state index contributed by atoms with van der Waals surface area (Å²) < 4.78 is 63.9. The molecule has 0 bridgehead atoms. The van der Waals surface area contributed by atoms with Gasteiger partial charge in [-0.05, 0) is 22.0 Å². The Kier molecular flexibility index (Phi) is 2.92. The van der Waals surface area contributed by atoms with Gasteiger partial charge in [0.1, 0.15) is 17.0 Å². The lowest BCUT2D eigenvalue weighted by Gasteiger charge is -2.11. The van der Waals surface area contributed by atoms with E-state index in [2.05, 4.69) is 20.9 Å². The molecule has 1 heterocycles. The van der Waals surface area contributed by atoms with Crippen molar-refractivity contribution in [3.63, 3.8) is 0 Å². The molecule has 0 unspecified atom stereocenters. The summed E-state index contributed by atoms with van der Waals surface area (Å²) in [5.41, 5.74) is 3.03. The normalized spacial score (nSPS) is 12.1. The molecule has 0 atom stereocenters. The number of fused-ring (bicyclic) bond motifs is 1. The summed E-state index contributed by atoms with van der Waals surface area (Å²) in [6.07, 6.45) is -4.75. The predicted molar refractivity (Wildman–Crippen MR) is 58.8 cm³/mol. The quantitative estimate of drug-likeness (QED) is 0.589. The van der Waals surface area contributed by atoms with E-state index in [1.807, 2.05) is 0 Å². The molecular weight excluding hydrogens is 323 g/mol. The molecule has 2 aromatic rings. The van der Waals surface area contributed by atoms with Gasteiger partial charge in [0.2, 0.25) is 0 Å². The number of hydrogen-bond donors (Lipinski definition) is 1. The van der Waals surface area contributed by atoms with E-state index >= 15 is 0 Å². The minimum atomic E-state index is -4.75. The van der Waals surface area contributed by atoms with Crippen LogP contribution < -0.4 is 5.73 Å². The van der Waals surface area contributed by atoms with E-state index in [1.165, 1.54) is 0 Å². The smallest absolute Gasteiger partial charge is 0.398 e. The van der Waals surface area contributed by atoms with E-state index in [0.29, 0.717) is 12.1 Å². The van der Waals surface area contributed by atoms with E-state index in [-0.39, 0.29) is 9.86 Å². The second-order valence-electron chi connectivity index (χ2n) is 3.47. The van der Waals surface area contributed by atoms with Crippen LogP contribution in [0.1, 0.15) is 5.69 Å². The van der Waals surface area contributed by atoms with Gasteiger partial charge in [0.25, 0.3) is 0 Å². The van der Waals surface area contributed by atoms with Gasteiger partial charge in [-0.1, -0.05) is 0 Å². The third-order valence-corrected chi connectivity index (χ3v) is 3.02. The van der Waals surface area contributed by atoms with Gasteiger partial charge >= 0.3 is 6.18 Å². The maximum absolute atomic E-state index is 13.4. The zero-order valence-electron chi connectivity index (χ0n) is 8.45. The van der Waals surface area contributed by atoms with E-state index < -0.39 is 34.7 Å². The van der Waals surface area contributed by atoms with Gasteiger partial charge in [-0.15, -0.1) is 0 Å². The Morgan fingerprint density at radius 1 is 1.11 bits per heavy atom. The molecule has 0 saturated carbocycles. The number of pyridine rings is 1. The lowest BCUT2D eigenvalue weighted by atomic mass is 10.1. The fourth-order valence-electron chi connectivity index (χ4n) is 1.48. The minimum Gasteiger partial charge on any atom is -0.398 e. The number of hydrogen-bond acceptors (Lipinski definition) is 2. The zero-order valence-corrected chi connectivity index (χ0v) is 10.0. The molecule has 2 N–H and O–H groups in total. The van der Waals surface area contributed by atoms with Crippen molar-refractivity contribution >= 4 is 32.5 Å². The third-order valence-electron chi connectivity index (χ3n) is 2.25. The van der Waals surface area contributed by atoms with Crippen LogP contribution in [-0.2, 0) is 6.18 Å². The first-order chi connectivity index (χ1) is 8.21. The highest BCUT2D eigenvalue weighted by atomic mass is 79.9. The third kappa shape index (κ3) is 2.00. The molecule has 0 saturated heterocycles. The number of rotatable bonds is 0. The molecule has 18 heavy (non-hydrogen) atoms. The number of anilines is 1. The van der Waals surface area contributed by atoms with Crippen molar-refractivity contribution in [1.29, 1.82) is 0 Å². The van der Waals surface area contributed by atoms with Crippen LogP contribution in [0.15, 0.2) is 16.6 Å². The molecule has 0 amide bonds. The lowest BCUT2D eigenvalue weighted by molar-refractivity contribution is -0.140. The summed E-state index contributed by atoms with van der Waals surface area (Å²) in [5, 5.41) is -0.222. The van der Waals surface area contributed by atoms with Crippen molar-refractivity contribution < 1.29 is 22.0 Å². The zero-order chi connectivity index (χ0) is 13.7. The van der Waals surface area contributed by atoms with E-state index in [4.69, 9.17) is 5.73 Å². The first-order valence-electron chi connectivity index (χ1n) is 4.52. The summed E-state index contributed by atoms with van der Waals surface area (Å²) in [6.45, 7) is 0. The molecule has 96 valence electrons. The van der Waals surface area contributed by atoms with Gasteiger partial charge in [0, 0.05) is 17.1 Å². The summed E-state index contributed by atoms with van der Waals surface area (Å²) in [6, 6.07) is 0.977. The average molecular weight is 327 g/mol. The minimum absolute atomic E-state index is 0.222. The number of halogens is 6. The molecule has 0 aliphatic carbocycles. The molecule has 0 aliphatic rings. The van der Waals surface area contributed by atoms with Gasteiger partial charge in [0.05, 0.1) is 4.47 Å². The standard InChI is InChI=1S/C10H4BrF5N2/c11-8-3(12)1-4(13)9-7(8)5(17)2-6(18-9)10(14,15)16/h1-2H,(H2,17,18). The Morgan fingerprint density at radius 2 is 1.72 bits per heavy atom. The topological polar surface area (TPSA) is 38.9 Å². The maximum atomic E-state index is 13.4. The van der Waals surface area contributed by atoms with Crippen molar-refractivity contribution in [3.8, 4) is 0 Å². The molecule has 0 fully saturated rings. The Bertz CT molecular complexity index is 638. The van der Waals surface area contributed by atoms with Crippen molar-refractivity contribution in [2.75, 3.05) is 5.73 Å². The molecule has 2 rings (SSSR count). The summed E-state index contributed by atoms with van der Waals surface area (Å²) in [5.74, 6) is -2.17. The van der Waals surface area contributed by atoms with Crippen LogP contribution in [0.2, 0.25) is 0 Å². The second-order valence-corrected chi connectivity index (χ2v) is 4.27. The fraction of sp³-hybridized carbons (Fsp3) is 0.100. The van der Waals surface area contributed by atoms with Crippen LogP contribution in [0.25, 0.3) is 10.9 Å². The number of aromatic nitrogens is 1. The molecule has 2 nitrogen and oxygen atoms in total. The van der Waals surface area contributed by atoms with Gasteiger partial charge in [-0.2, -0.15) is 13.2 Å². The van der Waals surface area contributed by atoms with Gasteiger partial charge in [-0.25, -0.2) is 13.8 Å². The largest absolute Gasteiger partial charge is 0.433 e. The first-order valence-corrected chi connectivity index (χ1v) is 5.32. The number of benzene rings is 1. The second kappa shape index (κ2) is 4.04. The highest BCUT2D eigenvalue weighted by Gasteiger charge is 2.34. The van der Waals surface area contributed by atoms with Crippen LogP contribution in [-0.4, -0.2) is 4.98 Å². The molecule has 0 aliphatic heterocycles. The van der Waals surface area contributed by atoms with Crippen LogP contribution >= 0.6 is 15.9 Å². The van der Waals surface area contributed by atoms with Crippen molar-refractivity contribution in [2.24, 2.45) is 0 Å². The Hall–Kier alpha value is -1.44. The Morgan fingerprint density at radius 3 is 2.28 bits per heavy atom. The summed E-state index contributed by atoms with van der Waals surface area (Å²) in [7, 11) is 0. The van der Waals surface area contributed by atoms with Crippen LogP contribution in [0.4, 0.5) is 27.6 Å². The summed E-state index contributed by atoms with van der Waals surface area (Å²) >= 11 is 2.80. The number of nitrogens with zero attached hydrogens (tertiary/aromatic N) is 1. The van der Waals surface area contributed by atoms with Crippen molar-refractivity contribution in [3.05, 3.63) is 33.9 Å². The van der Waals surface area contributed by atoms with Gasteiger partial charge in [0.15, 0.2) is 5.82 Å². The van der Waals surface area contributed by atoms with Crippen molar-refractivity contribution in [2.45, 2.75) is 6.18 Å². The predicted octanol–water partition coefficient (Wildman–Crippen LogP) is 3.88. The number of nitrogens with two attached hydrogens (primary N) is 1.